The molecule has 1 N–H and O–H groups in total. The van der Waals surface area contributed by atoms with Crippen LogP contribution in [0.4, 0.5) is 0 Å². The minimum Gasteiger partial charge on any atom is -0.478 e. The summed E-state index contributed by atoms with van der Waals surface area (Å²) in [7, 11) is 0. The van der Waals surface area contributed by atoms with E-state index < -0.39 is 5.97 Å². The van der Waals surface area contributed by atoms with Crippen LogP contribution in [-0.2, 0) is 4.79 Å². The van der Waals surface area contributed by atoms with Crippen molar-refractivity contribution in [2.24, 2.45) is 0 Å². The van der Waals surface area contributed by atoms with Crippen molar-refractivity contribution in [3.8, 4) is 0 Å². The van der Waals surface area contributed by atoms with Crippen molar-refractivity contribution >= 4 is 91.7 Å². The number of hydrogen-bond donors (Lipinski definition) is 1. The van der Waals surface area contributed by atoms with E-state index in [0.29, 0.717) is 0 Å². The molecule has 1 aromatic carbocycles. The molecule has 2 nitrogen and oxygen atoms in total. The van der Waals surface area contributed by atoms with Gasteiger partial charge in [0.15, 0.2) is 0 Å². The van der Waals surface area contributed by atoms with Gasteiger partial charge in [0.25, 0.3) is 0 Å². The number of carboxylic acids is 1. The summed E-state index contributed by atoms with van der Waals surface area (Å²) in [6.45, 7) is 1.55. The molecule has 0 unspecified atom stereocenters. The van der Waals surface area contributed by atoms with Crippen molar-refractivity contribution in [2.45, 2.75) is 6.92 Å². The maximum Gasteiger partial charge on any atom is 0.331 e. The first-order chi connectivity index (χ1) is 7.77. The second kappa shape index (κ2) is 6.32. The van der Waals surface area contributed by atoms with Gasteiger partial charge in [-0.2, -0.15) is 0 Å². The van der Waals surface area contributed by atoms with Gasteiger partial charge in [-0.05, 0) is 92.6 Å². The molecule has 0 aromatic heterocycles. The SMILES string of the molecule is CC(=Cc1c(Br)c(Br)c(Br)c(Br)c1Br)C(=O)O. The lowest BCUT2D eigenvalue weighted by atomic mass is 10.1. The standard InChI is InChI=1S/C10H5Br5O2/c1-3(10(16)17)2-4-5(11)7(13)9(15)8(14)6(4)12/h2H,1H3,(H,16,17). The van der Waals surface area contributed by atoms with Crippen LogP contribution in [-0.4, -0.2) is 11.1 Å². The Morgan fingerprint density at radius 3 is 1.65 bits per heavy atom. The third-order valence-electron chi connectivity index (χ3n) is 1.94. The number of carboxylic acid groups (broad SMARTS) is 1. The Labute approximate surface area is 140 Å². The van der Waals surface area contributed by atoms with E-state index in [9.17, 15) is 4.79 Å². The maximum atomic E-state index is 10.8. The van der Waals surface area contributed by atoms with Gasteiger partial charge in [-0.3, -0.25) is 0 Å². The fourth-order valence-corrected chi connectivity index (χ4v) is 4.33. The molecule has 0 aliphatic carbocycles. The molecule has 0 heterocycles. The van der Waals surface area contributed by atoms with Gasteiger partial charge in [-0.1, -0.05) is 0 Å². The minimum absolute atomic E-state index is 0.257. The number of carbonyl (C=O) groups is 1. The largest absolute Gasteiger partial charge is 0.478 e. The molecule has 17 heavy (non-hydrogen) atoms. The van der Waals surface area contributed by atoms with Gasteiger partial charge in [0.05, 0.1) is 0 Å². The highest BCUT2D eigenvalue weighted by molar-refractivity contribution is 9.15. The lowest BCUT2D eigenvalue weighted by Gasteiger charge is -2.11. The van der Waals surface area contributed by atoms with E-state index in [1.807, 2.05) is 0 Å². The van der Waals surface area contributed by atoms with E-state index in [2.05, 4.69) is 79.6 Å². The molecule has 1 rings (SSSR count). The molecule has 0 fully saturated rings. The van der Waals surface area contributed by atoms with E-state index >= 15 is 0 Å². The monoisotopic (exact) mass is 552 g/mol. The molecule has 0 amide bonds. The van der Waals surface area contributed by atoms with Crippen LogP contribution >= 0.6 is 79.6 Å². The first-order valence-electron chi connectivity index (χ1n) is 4.20. The van der Waals surface area contributed by atoms with E-state index in [1.165, 1.54) is 0 Å². The lowest BCUT2D eigenvalue weighted by molar-refractivity contribution is -0.132. The van der Waals surface area contributed by atoms with Crippen LogP contribution in [0.25, 0.3) is 6.08 Å². The topological polar surface area (TPSA) is 37.3 Å². The fourth-order valence-electron chi connectivity index (χ4n) is 1.03. The van der Waals surface area contributed by atoms with Crippen LogP contribution < -0.4 is 0 Å². The quantitative estimate of drug-likeness (QED) is 0.276. The molecule has 0 spiro atoms. The molecule has 92 valence electrons. The number of halogens is 5. The zero-order valence-electron chi connectivity index (χ0n) is 8.32. The van der Waals surface area contributed by atoms with Gasteiger partial charge in [0.1, 0.15) is 0 Å². The first-order valence-corrected chi connectivity index (χ1v) is 8.16. The summed E-state index contributed by atoms with van der Waals surface area (Å²) in [4.78, 5) is 10.8. The highest BCUT2D eigenvalue weighted by atomic mass is 79.9. The van der Waals surface area contributed by atoms with Gasteiger partial charge in [0, 0.05) is 33.5 Å². The van der Waals surface area contributed by atoms with Crippen molar-refractivity contribution in [1.29, 1.82) is 0 Å². The molecule has 0 atom stereocenters. The number of hydrogen-bond acceptors (Lipinski definition) is 1. The highest BCUT2D eigenvalue weighted by Crippen LogP contribution is 2.45. The third-order valence-corrected chi connectivity index (χ3v) is 8.10. The average Bonchev–Trinajstić information content (AvgIpc) is 2.29. The third kappa shape index (κ3) is 3.43. The van der Waals surface area contributed by atoms with Crippen LogP contribution in [0.1, 0.15) is 12.5 Å². The predicted octanol–water partition coefficient (Wildman–Crippen LogP) is 5.99. The second-order valence-electron chi connectivity index (χ2n) is 3.12. The number of rotatable bonds is 2. The van der Waals surface area contributed by atoms with Gasteiger partial charge in [0.2, 0.25) is 0 Å². The van der Waals surface area contributed by atoms with Crippen LogP contribution in [0.5, 0.6) is 0 Å². The second-order valence-corrected chi connectivity index (χ2v) is 7.08. The van der Waals surface area contributed by atoms with Gasteiger partial charge in [-0.25, -0.2) is 4.79 Å². The summed E-state index contributed by atoms with van der Waals surface area (Å²) in [6.07, 6.45) is 1.60. The normalized spacial score (nSPS) is 11.8. The Bertz CT molecular complexity index is 493. The number of benzene rings is 1. The van der Waals surface area contributed by atoms with Crippen LogP contribution in [0.2, 0.25) is 0 Å². The smallest absolute Gasteiger partial charge is 0.331 e. The summed E-state index contributed by atoms with van der Waals surface area (Å²) in [5.74, 6) is -0.945. The molecule has 0 bridgehead atoms. The summed E-state index contributed by atoms with van der Waals surface area (Å²) in [6, 6.07) is 0. The van der Waals surface area contributed by atoms with E-state index in [-0.39, 0.29) is 5.57 Å². The van der Waals surface area contributed by atoms with Crippen molar-refractivity contribution in [3.05, 3.63) is 33.5 Å². The molecule has 0 aliphatic heterocycles. The lowest BCUT2D eigenvalue weighted by Crippen LogP contribution is -1.96. The fraction of sp³-hybridized carbons (Fsp3) is 0.100. The van der Waals surface area contributed by atoms with E-state index in [0.717, 1.165) is 27.9 Å². The Hall–Kier alpha value is 0.830. The molecular formula is C10H5Br5O2. The van der Waals surface area contributed by atoms with Crippen molar-refractivity contribution in [3.63, 3.8) is 0 Å². The van der Waals surface area contributed by atoms with Gasteiger partial charge >= 0.3 is 5.97 Å². The first kappa shape index (κ1) is 15.9. The molecule has 0 radical (unpaired) electrons. The molecule has 0 saturated heterocycles. The minimum atomic E-state index is -0.945. The zero-order valence-corrected chi connectivity index (χ0v) is 16.3. The van der Waals surface area contributed by atoms with Gasteiger partial charge < -0.3 is 5.11 Å². The highest BCUT2D eigenvalue weighted by Gasteiger charge is 2.17. The van der Waals surface area contributed by atoms with Crippen LogP contribution in [0, 0.1) is 0 Å². The van der Waals surface area contributed by atoms with Gasteiger partial charge in [-0.15, -0.1) is 0 Å². The number of aliphatic carboxylic acids is 1. The Morgan fingerprint density at radius 1 is 0.941 bits per heavy atom. The predicted molar refractivity (Wildman–Crippen MR) is 86.2 cm³/mol. The summed E-state index contributed by atoms with van der Waals surface area (Å²) >= 11 is 17.1. The molecular weight excluding hydrogens is 552 g/mol. The van der Waals surface area contributed by atoms with E-state index in [4.69, 9.17) is 5.11 Å². The molecule has 0 aliphatic rings. The van der Waals surface area contributed by atoms with Crippen LogP contribution in [0.3, 0.4) is 0 Å². The van der Waals surface area contributed by atoms with Crippen molar-refractivity contribution < 1.29 is 9.90 Å². The molecule has 1 aromatic rings. The summed E-state index contributed by atoms with van der Waals surface area (Å²) < 4.78 is 4.04. The Morgan fingerprint density at radius 2 is 1.29 bits per heavy atom. The van der Waals surface area contributed by atoms with Crippen molar-refractivity contribution in [2.75, 3.05) is 0 Å². The maximum absolute atomic E-state index is 10.8. The van der Waals surface area contributed by atoms with E-state index in [1.54, 1.807) is 13.0 Å². The average molecular weight is 557 g/mol. The Balaban J connectivity index is 3.56. The zero-order chi connectivity index (χ0) is 13.3. The molecule has 0 saturated carbocycles. The molecule has 7 heteroatoms. The Kier molecular flexibility index (Phi) is 5.91. The van der Waals surface area contributed by atoms with Crippen molar-refractivity contribution in [1.82, 2.24) is 0 Å². The van der Waals surface area contributed by atoms with Crippen LogP contribution in [0.15, 0.2) is 27.9 Å². The summed E-state index contributed by atoms with van der Waals surface area (Å²) in [5, 5.41) is 8.89. The summed E-state index contributed by atoms with van der Waals surface area (Å²) in [5.41, 5.74) is 1.01.